The third-order valence-electron chi connectivity index (χ3n) is 5.49. The molecule has 1 aliphatic rings. The summed E-state index contributed by atoms with van der Waals surface area (Å²) in [7, 11) is 0. The normalized spacial score (nSPS) is 12.9. The second kappa shape index (κ2) is 15.3. The van der Waals surface area contributed by atoms with Crippen LogP contribution in [0.5, 0.6) is 5.75 Å². The van der Waals surface area contributed by atoms with Crippen LogP contribution in [-0.4, -0.2) is 17.8 Å². The number of carbonyl (C=O) groups excluding carboxylic acids is 2. The molecule has 2 N–H and O–H groups in total. The number of hydrogen-bond donors (Lipinski definition) is 1. The van der Waals surface area contributed by atoms with Crippen LogP contribution >= 0.6 is 0 Å². The summed E-state index contributed by atoms with van der Waals surface area (Å²) in [5.41, 5.74) is 9.85. The van der Waals surface area contributed by atoms with Crippen LogP contribution in [0.3, 0.4) is 0 Å². The van der Waals surface area contributed by atoms with Gasteiger partial charge in [-0.1, -0.05) is 65.0 Å². The molecule has 4 heteroatoms. The fourth-order valence-corrected chi connectivity index (χ4v) is 3.99. The molecule has 0 aromatic heterocycles. The Balaban J connectivity index is 0.000000593. The van der Waals surface area contributed by atoms with Crippen LogP contribution in [0.15, 0.2) is 42.5 Å². The summed E-state index contributed by atoms with van der Waals surface area (Å²) in [6, 6.07) is 14.5. The van der Waals surface area contributed by atoms with E-state index in [4.69, 9.17) is 10.5 Å². The van der Waals surface area contributed by atoms with Gasteiger partial charge >= 0.3 is 0 Å². The first-order valence-electron chi connectivity index (χ1n) is 12.5. The molecule has 0 aliphatic heterocycles. The molecule has 182 valence electrons. The lowest BCUT2D eigenvalue weighted by molar-refractivity contribution is -0.118. The van der Waals surface area contributed by atoms with Crippen LogP contribution < -0.4 is 10.5 Å². The topological polar surface area (TPSA) is 69.4 Å². The summed E-state index contributed by atoms with van der Waals surface area (Å²) in [5, 5.41) is 0. The molecule has 0 radical (unpaired) electrons. The van der Waals surface area contributed by atoms with Crippen molar-refractivity contribution in [3.8, 4) is 16.9 Å². The third kappa shape index (κ3) is 9.81. The van der Waals surface area contributed by atoms with Crippen molar-refractivity contribution in [3.05, 3.63) is 53.6 Å². The predicted octanol–water partition coefficient (Wildman–Crippen LogP) is 7.23. The number of carbonyl (C=O) groups is 2. The molecular formula is C29H43NO3. The van der Waals surface area contributed by atoms with E-state index >= 15 is 0 Å². The summed E-state index contributed by atoms with van der Waals surface area (Å²) >= 11 is 0. The van der Waals surface area contributed by atoms with Gasteiger partial charge in [0.15, 0.2) is 0 Å². The first-order valence-corrected chi connectivity index (χ1v) is 12.5. The Kier molecular flexibility index (Phi) is 13.1. The van der Waals surface area contributed by atoms with Gasteiger partial charge in [0, 0.05) is 12.0 Å². The summed E-state index contributed by atoms with van der Waals surface area (Å²) in [4.78, 5) is 21.4. The molecule has 2 aromatic rings. The van der Waals surface area contributed by atoms with E-state index in [1.807, 2.05) is 32.9 Å². The van der Waals surface area contributed by atoms with Crippen molar-refractivity contribution >= 4 is 11.7 Å². The molecule has 3 rings (SSSR count). The molecule has 0 bridgehead atoms. The highest BCUT2D eigenvalue weighted by Crippen LogP contribution is 2.38. The number of amides is 1. The van der Waals surface area contributed by atoms with E-state index < -0.39 is 0 Å². The number of hydrogen-bond acceptors (Lipinski definition) is 3. The number of ether oxygens (including phenoxy) is 1. The standard InChI is InChI=1S/C22H27NO2.C5H10O.C2H6/c1-15(2)18-9-5-6-10-19(18)20-13-16(14-22(23)24)11-12-21(20)25-17-7-3-4-8-17;1-3-4-5(2)6;1-2/h5-6,9-13,15,17H,3-4,7-8,14H2,1-2H3,(H2,23,24);3-4H2,1-2H3;1-2H3. The fourth-order valence-electron chi connectivity index (χ4n) is 3.99. The monoisotopic (exact) mass is 453 g/mol. The summed E-state index contributed by atoms with van der Waals surface area (Å²) in [6.07, 6.45) is 6.98. The minimum absolute atomic E-state index is 0.251. The smallest absolute Gasteiger partial charge is 0.221 e. The van der Waals surface area contributed by atoms with Gasteiger partial charge in [-0.15, -0.1) is 0 Å². The molecule has 2 aromatic carbocycles. The molecule has 1 aliphatic carbocycles. The highest BCUT2D eigenvalue weighted by atomic mass is 16.5. The van der Waals surface area contributed by atoms with Crippen LogP contribution in [0.25, 0.3) is 11.1 Å². The summed E-state index contributed by atoms with van der Waals surface area (Å²) in [6.45, 7) is 12.0. The average molecular weight is 454 g/mol. The van der Waals surface area contributed by atoms with Gasteiger partial charge in [0.1, 0.15) is 11.5 Å². The minimum Gasteiger partial charge on any atom is -0.490 e. The number of ketones is 1. The summed E-state index contributed by atoms with van der Waals surface area (Å²) in [5.74, 6) is 1.30. The van der Waals surface area contributed by atoms with Crippen molar-refractivity contribution in [2.24, 2.45) is 5.73 Å². The van der Waals surface area contributed by atoms with Gasteiger partial charge in [-0.2, -0.15) is 0 Å². The maximum absolute atomic E-state index is 11.3. The molecule has 1 fully saturated rings. The zero-order valence-electron chi connectivity index (χ0n) is 21.4. The van der Waals surface area contributed by atoms with Crippen molar-refractivity contribution in [1.29, 1.82) is 0 Å². The Morgan fingerprint density at radius 1 is 1.03 bits per heavy atom. The quantitative estimate of drug-likeness (QED) is 0.458. The molecule has 0 saturated heterocycles. The van der Waals surface area contributed by atoms with Gasteiger partial charge in [-0.25, -0.2) is 0 Å². The zero-order valence-corrected chi connectivity index (χ0v) is 21.4. The fraction of sp³-hybridized carbons (Fsp3) is 0.517. The molecule has 1 saturated carbocycles. The van der Waals surface area contributed by atoms with Gasteiger partial charge in [0.2, 0.25) is 5.91 Å². The average Bonchev–Trinajstić information content (AvgIpc) is 3.29. The Hall–Kier alpha value is -2.62. The Morgan fingerprint density at radius 2 is 1.67 bits per heavy atom. The van der Waals surface area contributed by atoms with E-state index in [-0.39, 0.29) is 18.1 Å². The Bertz CT molecular complexity index is 867. The lowest BCUT2D eigenvalue weighted by Gasteiger charge is -2.20. The van der Waals surface area contributed by atoms with Crippen LogP contribution in [0.1, 0.15) is 97.1 Å². The maximum Gasteiger partial charge on any atom is 0.221 e. The van der Waals surface area contributed by atoms with Crippen molar-refractivity contribution in [2.75, 3.05) is 0 Å². The number of primary amides is 1. The number of benzene rings is 2. The predicted molar refractivity (Wildman–Crippen MR) is 139 cm³/mol. The second-order valence-electron chi connectivity index (χ2n) is 8.69. The molecule has 1 amide bonds. The number of Topliss-reactive ketones (excluding diaryl/α,β-unsaturated/α-hetero) is 1. The lowest BCUT2D eigenvalue weighted by Crippen LogP contribution is -2.14. The first-order chi connectivity index (χ1) is 15.8. The molecular weight excluding hydrogens is 410 g/mol. The van der Waals surface area contributed by atoms with Crippen LogP contribution in [0.2, 0.25) is 0 Å². The van der Waals surface area contributed by atoms with Crippen molar-refractivity contribution in [3.63, 3.8) is 0 Å². The van der Waals surface area contributed by atoms with E-state index in [0.717, 1.165) is 42.6 Å². The van der Waals surface area contributed by atoms with Gasteiger partial charge in [-0.05, 0) is 73.8 Å². The maximum atomic E-state index is 11.3. The molecule has 4 nitrogen and oxygen atoms in total. The third-order valence-corrected chi connectivity index (χ3v) is 5.49. The molecule has 0 heterocycles. The molecule has 0 spiro atoms. The Morgan fingerprint density at radius 3 is 2.18 bits per heavy atom. The highest BCUT2D eigenvalue weighted by molar-refractivity contribution is 5.79. The van der Waals surface area contributed by atoms with Crippen molar-refractivity contribution in [1.82, 2.24) is 0 Å². The van der Waals surface area contributed by atoms with Crippen LogP contribution in [0.4, 0.5) is 0 Å². The SMILES string of the molecule is CC.CC(C)c1ccccc1-c1cc(CC(N)=O)ccc1OC1CCCC1.CCCC(C)=O. The largest absolute Gasteiger partial charge is 0.490 e. The number of nitrogens with two attached hydrogens (primary N) is 1. The highest BCUT2D eigenvalue weighted by Gasteiger charge is 2.20. The minimum atomic E-state index is -0.312. The zero-order chi connectivity index (χ0) is 24.8. The first kappa shape index (κ1) is 28.4. The molecule has 0 unspecified atom stereocenters. The lowest BCUT2D eigenvalue weighted by atomic mass is 9.91. The second-order valence-corrected chi connectivity index (χ2v) is 8.69. The Labute approximate surface area is 200 Å². The van der Waals surface area contributed by atoms with Crippen molar-refractivity contribution < 1.29 is 14.3 Å². The van der Waals surface area contributed by atoms with Gasteiger partial charge in [-0.3, -0.25) is 4.79 Å². The molecule has 0 atom stereocenters. The van der Waals surface area contributed by atoms with Gasteiger partial charge < -0.3 is 15.3 Å². The van der Waals surface area contributed by atoms with Gasteiger partial charge in [0.05, 0.1) is 12.5 Å². The van der Waals surface area contributed by atoms with E-state index in [0.29, 0.717) is 12.0 Å². The summed E-state index contributed by atoms with van der Waals surface area (Å²) < 4.78 is 6.34. The van der Waals surface area contributed by atoms with E-state index in [1.165, 1.54) is 24.0 Å². The number of rotatable bonds is 8. The van der Waals surface area contributed by atoms with Crippen LogP contribution in [0, 0.1) is 0 Å². The van der Waals surface area contributed by atoms with E-state index in [1.54, 1.807) is 6.92 Å². The van der Waals surface area contributed by atoms with E-state index in [2.05, 4.69) is 44.2 Å². The van der Waals surface area contributed by atoms with Crippen LogP contribution in [-0.2, 0) is 16.0 Å². The van der Waals surface area contributed by atoms with Crippen molar-refractivity contribution in [2.45, 2.75) is 98.5 Å². The van der Waals surface area contributed by atoms with E-state index in [9.17, 15) is 9.59 Å². The van der Waals surface area contributed by atoms with Gasteiger partial charge in [0.25, 0.3) is 0 Å². The molecule has 33 heavy (non-hydrogen) atoms.